The molecule has 4 rings (SSSR count). The number of aryl methyl sites for hydroxylation is 1. The first-order chi connectivity index (χ1) is 16.5. The number of carbonyl (C=O) groups is 1. The average molecular weight is 462 g/mol. The van der Waals surface area contributed by atoms with Crippen LogP contribution in [0.4, 0.5) is 0 Å². The quantitative estimate of drug-likeness (QED) is 0.393. The third-order valence-corrected chi connectivity index (χ3v) is 5.09. The SMILES string of the molecule is Cc1ncc(-c2ccc(C(=O)N(C)C)cc2)nc1-c1nnc(-c2ccccc2OCCCO)o1.[HH]. The normalized spacial score (nSPS) is 10.8. The zero-order chi connectivity index (χ0) is 24.1. The largest absolute Gasteiger partial charge is 0.493 e. The number of benzene rings is 2. The molecule has 34 heavy (non-hydrogen) atoms. The predicted octanol–water partition coefficient (Wildman–Crippen LogP) is 3.88. The molecular weight excluding hydrogens is 434 g/mol. The van der Waals surface area contributed by atoms with Gasteiger partial charge in [0.25, 0.3) is 17.7 Å². The van der Waals surface area contributed by atoms with Crippen molar-refractivity contribution in [3.8, 4) is 40.0 Å². The van der Waals surface area contributed by atoms with Crippen molar-refractivity contribution in [2.24, 2.45) is 0 Å². The Morgan fingerprint density at radius 3 is 2.56 bits per heavy atom. The topological polar surface area (TPSA) is 114 Å². The number of aromatic nitrogens is 4. The predicted molar refractivity (Wildman–Crippen MR) is 128 cm³/mol. The van der Waals surface area contributed by atoms with E-state index < -0.39 is 0 Å². The Kier molecular flexibility index (Phi) is 6.93. The standard InChI is InChI=1S/C25H25N5O4.H2/c1-16-22(27-20(15-26-16)17-9-11-18(12-10-17)25(32)30(2)3)24-29-28-23(34-24)19-7-4-5-8-21(19)33-14-6-13-31;/h4-5,7-12,15,31H,6,13-14H2,1-3H3;1H. The van der Waals surface area contributed by atoms with Gasteiger partial charge in [-0.2, -0.15) is 0 Å². The molecule has 1 amide bonds. The van der Waals surface area contributed by atoms with Crippen molar-refractivity contribution < 1.29 is 20.5 Å². The first-order valence-corrected chi connectivity index (χ1v) is 10.8. The molecule has 2 aromatic carbocycles. The zero-order valence-corrected chi connectivity index (χ0v) is 19.2. The Morgan fingerprint density at radius 1 is 1.09 bits per heavy atom. The summed E-state index contributed by atoms with van der Waals surface area (Å²) in [6.45, 7) is 2.25. The van der Waals surface area contributed by atoms with E-state index in [4.69, 9.17) is 19.2 Å². The number of aliphatic hydroxyl groups is 1. The maximum atomic E-state index is 12.1. The Hall–Kier alpha value is -4.11. The highest BCUT2D eigenvalue weighted by molar-refractivity contribution is 5.94. The summed E-state index contributed by atoms with van der Waals surface area (Å²) in [5.74, 6) is 1.07. The fourth-order valence-corrected chi connectivity index (χ4v) is 3.28. The Morgan fingerprint density at radius 2 is 1.82 bits per heavy atom. The van der Waals surface area contributed by atoms with Crippen molar-refractivity contribution in [2.75, 3.05) is 27.3 Å². The van der Waals surface area contributed by atoms with E-state index in [0.29, 0.717) is 52.9 Å². The minimum atomic E-state index is -0.0683. The summed E-state index contributed by atoms with van der Waals surface area (Å²) in [4.78, 5) is 22.8. The lowest BCUT2D eigenvalue weighted by molar-refractivity contribution is 0.0827. The average Bonchev–Trinajstić information content (AvgIpc) is 3.34. The summed E-state index contributed by atoms with van der Waals surface area (Å²) in [5, 5.41) is 17.4. The second kappa shape index (κ2) is 10.2. The highest BCUT2D eigenvalue weighted by atomic mass is 16.5. The van der Waals surface area contributed by atoms with E-state index in [9.17, 15) is 4.79 Å². The van der Waals surface area contributed by atoms with Crippen LogP contribution in [0.3, 0.4) is 0 Å². The molecule has 176 valence electrons. The van der Waals surface area contributed by atoms with Gasteiger partial charge in [-0.3, -0.25) is 9.78 Å². The molecule has 1 N–H and O–H groups in total. The first-order valence-electron chi connectivity index (χ1n) is 10.8. The number of hydrogen-bond donors (Lipinski definition) is 1. The number of amides is 1. The van der Waals surface area contributed by atoms with Crippen LogP contribution >= 0.6 is 0 Å². The summed E-state index contributed by atoms with van der Waals surface area (Å²) < 4.78 is 11.7. The van der Waals surface area contributed by atoms with Gasteiger partial charge in [0.2, 0.25) is 0 Å². The van der Waals surface area contributed by atoms with Gasteiger partial charge < -0.3 is 19.2 Å². The van der Waals surface area contributed by atoms with Gasteiger partial charge in [0, 0.05) is 39.7 Å². The number of para-hydroxylation sites is 1. The fourth-order valence-electron chi connectivity index (χ4n) is 3.28. The Balaban J connectivity index is 0.00000342. The summed E-state index contributed by atoms with van der Waals surface area (Å²) in [5.41, 5.74) is 3.80. The molecule has 9 heteroatoms. The highest BCUT2D eigenvalue weighted by Crippen LogP contribution is 2.31. The fraction of sp³-hybridized carbons (Fsp3) is 0.240. The number of carbonyl (C=O) groups excluding carboxylic acids is 1. The van der Waals surface area contributed by atoms with Gasteiger partial charge in [0.1, 0.15) is 11.4 Å². The molecule has 0 aliphatic carbocycles. The van der Waals surface area contributed by atoms with Crippen LogP contribution in [0, 0.1) is 6.92 Å². The lowest BCUT2D eigenvalue weighted by atomic mass is 10.1. The summed E-state index contributed by atoms with van der Waals surface area (Å²) in [7, 11) is 3.43. The smallest absolute Gasteiger partial charge is 0.268 e. The molecule has 0 aliphatic heterocycles. The van der Waals surface area contributed by atoms with Gasteiger partial charge in [-0.1, -0.05) is 24.3 Å². The van der Waals surface area contributed by atoms with E-state index in [2.05, 4.69) is 15.2 Å². The van der Waals surface area contributed by atoms with Crippen LogP contribution in [-0.4, -0.2) is 63.4 Å². The van der Waals surface area contributed by atoms with E-state index >= 15 is 0 Å². The first kappa shape index (κ1) is 23.1. The third kappa shape index (κ3) is 4.94. The lowest BCUT2D eigenvalue weighted by Crippen LogP contribution is -2.21. The van der Waals surface area contributed by atoms with E-state index in [-0.39, 0.29) is 19.8 Å². The number of hydrogen-bond acceptors (Lipinski definition) is 8. The van der Waals surface area contributed by atoms with Crippen molar-refractivity contribution in [1.82, 2.24) is 25.1 Å². The molecule has 0 spiro atoms. The molecule has 9 nitrogen and oxygen atoms in total. The minimum absolute atomic E-state index is 0. The van der Waals surface area contributed by atoms with Crippen molar-refractivity contribution in [3.05, 3.63) is 66.0 Å². The molecule has 4 aromatic rings. The molecule has 2 heterocycles. The van der Waals surface area contributed by atoms with Crippen molar-refractivity contribution >= 4 is 5.91 Å². The molecule has 0 atom stereocenters. The van der Waals surface area contributed by atoms with Gasteiger partial charge >= 0.3 is 0 Å². The molecule has 0 saturated heterocycles. The van der Waals surface area contributed by atoms with Gasteiger partial charge in [-0.25, -0.2) is 4.98 Å². The van der Waals surface area contributed by atoms with E-state index in [1.807, 2.05) is 43.3 Å². The third-order valence-electron chi connectivity index (χ3n) is 5.09. The van der Waals surface area contributed by atoms with Crippen molar-refractivity contribution in [3.63, 3.8) is 0 Å². The van der Waals surface area contributed by atoms with E-state index in [1.54, 1.807) is 32.4 Å². The molecular formula is C25H27N5O4. The summed E-state index contributed by atoms with van der Waals surface area (Å²) >= 11 is 0. The number of nitrogens with zero attached hydrogens (tertiary/aromatic N) is 5. The molecule has 0 unspecified atom stereocenters. The van der Waals surface area contributed by atoms with Crippen LogP contribution in [0.1, 0.15) is 23.9 Å². The number of aliphatic hydroxyl groups excluding tert-OH is 1. The highest BCUT2D eigenvalue weighted by Gasteiger charge is 2.18. The second-order valence-electron chi connectivity index (χ2n) is 7.80. The van der Waals surface area contributed by atoms with Gasteiger partial charge in [-0.15, -0.1) is 10.2 Å². The van der Waals surface area contributed by atoms with Crippen LogP contribution in [-0.2, 0) is 0 Å². The van der Waals surface area contributed by atoms with Crippen LogP contribution < -0.4 is 4.74 Å². The minimum Gasteiger partial charge on any atom is -0.493 e. The molecule has 0 radical (unpaired) electrons. The van der Waals surface area contributed by atoms with Gasteiger partial charge in [0.15, 0.2) is 0 Å². The number of ether oxygens (including phenoxy) is 1. The number of rotatable bonds is 8. The van der Waals surface area contributed by atoms with Crippen LogP contribution in [0.2, 0.25) is 0 Å². The van der Waals surface area contributed by atoms with Crippen molar-refractivity contribution in [2.45, 2.75) is 13.3 Å². The van der Waals surface area contributed by atoms with E-state index in [1.165, 1.54) is 4.90 Å². The van der Waals surface area contributed by atoms with Gasteiger partial charge in [0.05, 0.1) is 29.8 Å². The summed E-state index contributed by atoms with van der Waals surface area (Å²) in [6.07, 6.45) is 2.19. The van der Waals surface area contributed by atoms with E-state index in [0.717, 1.165) is 5.56 Å². The van der Waals surface area contributed by atoms with Crippen molar-refractivity contribution in [1.29, 1.82) is 0 Å². The van der Waals surface area contributed by atoms with Gasteiger partial charge in [-0.05, 0) is 31.2 Å². The molecule has 0 fully saturated rings. The molecule has 0 saturated carbocycles. The van der Waals surface area contributed by atoms with Crippen LogP contribution in [0.25, 0.3) is 34.3 Å². The Bertz CT molecular complexity index is 1290. The maximum absolute atomic E-state index is 12.1. The Labute approximate surface area is 198 Å². The molecule has 2 aromatic heterocycles. The van der Waals surface area contributed by atoms with Crippen LogP contribution in [0.5, 0.6) is 5.75 Å². The second-order valence-corrected chi connectivity index (χ2v) is 7.80. The summed E-state index contributed by atoms with van der Waals surface area (Å²) in [6, 6.07) is 14.5. The lowest BCUT2D eigenvalue weighted by Gasteiger charge is -2.10. The monoisotopic (exact) mass is 461 g/mol. The molecule has 0 bridgehead atoms. The zero-order valence-electron chi connectivity index (χ0n) is 19.2. The maximum Gasteiger partial charge on any atom is 0.268 e. The van der Waals surface area contributed by atoms with Crippen LogP contribution in [0.15, 0.2) is 59.1 Å². The molecule has 0 aliphatic rings.